The molecule has 0 atom stereocenters. The van der Waals surface area contributed by atoms with Crippen molar-refractivity contribution >= 4 is 0 Å². The zero-order valence-electron chi connectivity index (χ0n) is 26.0. The molecule has 2 aromatic rings. The van der Waals surface area contributed by atoms with Crippen molar-refractivity contribution in [2.24, 2.45) is 0 Å². The summed E-state index contributed by atoms with van der Waals surface area (Å²) in [7, 11) is 0. The molecule has 0 radical (unpaired) electrons. The second-order valence-corrected chi connectivity index (χ2v) is 12.0. The molecule has 0 aliphatic rings. The minimum absolute atomic E-state index is 0.941. The lowest BCUT2D eigenvalue weighted by Crippen LogP contribution is -1.90. The summed E-state index contributed by atoms with van der Waals surface area (Å²) in [4.78, 5) is 0. The zero-order chi connectivity index (χ0) is 27.6. The molecule has 0 aromatic heterocycles. The van der Waals surface area contributed by atoms with Crippen molar-refractivity contribution in [2.45, 2.75) is 168 Å². The van der Waals surface area contributed by atoms with Crippen LogP contribution in [-0.4, -0.2) is 0 Å². The topological polar surface area (TPSA) is 9.23 Å². The normalized spacial score (nSPS) is 11.2. The van der Waals surface area contributed by atoms with Crippen LogP contribution in [-0.2, 0) is 12.8 Å². The first-order chi connectivity index (χ1) is 19.3. The Labute approximate surface area is 243 Å². The van der Waals surface area contributed by atoms with Crippen LogP contribution in [0.25, 0.3) is 0 Å². The highest BCUT2D eigenvalue weighted by atomic mass is 16.5. The van der Waals surface area contributed by atoms with Crippen molar-refractivity contribution in [1.82, 2.24) is 0 Å². The number of rotatable bonds is 26. The molecule has 39 heavy (non-hydrogen) atoms. The van der Waals surface area contributed by atoms with Gasteiger partial charge in [-0.25, -0.2) is 0 Å². The van der Waals surface area contributed by atoms with Crippen molar-refractivity contribution in [1.29, 1.82) is 0 Å². The van der Waals surface area contributed by atoms with E-state index in [2.05, 4.69) is 62.4 Å². The van der Waals surface area contributed by atoms with E-state index in [9.17, 15) is 0 Å². The minimum atomic E-state index is 0.941. The van der Waals surface area contributed by atoms with Crippen LogP contribution in [0.1, 0.15) is 166 Å². The largest absolute Gasteiger partial charge is 0.457 e. The quantitative estimate of drug-likeness (QED) is 0.109. The van der Waals surface area contributed by atoms with Gasteiger partial charge in [0.05, 0.1) is 0 Å². The smallest absolute Gasteiger partial charge is 0.127 e. The van der Waals surface area contributed by atoms with Gasteiger partial charge < -0.3 is 4.74 Å². The minimum Gasteiger partial charge on any atom is -0.457 e. The van der Waals surface area contributed by atoms with E-state index in [0.717, 1.165) is 11.5 Å². The van der Waals surface area contributed by atoms with Crippen LogP contribution in [0, 0.1) is 0 Å². The van der Waals surface area contributed by atoms with E-state index in [1.165, 1.54) is 165 Å². The maximum atomic E-state index is 6.11. The van der Waals surface area contributed by atoms with Gasteiger partial charge in [-0.3, -0.25) is 0 Å². The maximum Gasteiger partial charge on any atom is 0.127 e. The first-order valence-electron chi connectivity index (χ1n) is 17.2. The fraction of sp³-hybridized carbons (Fsp3) is 0.684. The Morgan fingerprint density at radius 3 is 0.872 bits per heavy atom. The van der Waals surface area contributed by atoms with Crippen LogP contribution in [0.5, 0.6) is 11.5 Å². The number of benzene rings is 2. The van der Waals surface area contributed by atoms with Gasteiger partial charge in [-0.15, -0.1) is 0 Å². The van der Waals surface area contributed by atoms with E-state index in [-0.39, 0.29) is 0 Å². The summed E-state index contributed by atoms with van der Waals surface area (Å²) in [6.45, 7) is 4.59. The third kappa shape index (κ3) is 18.3. The molecule has 2 rings (SSSR count). The predicted molar refractivity (Wildman–Crippen MR) is 173 cm³/mol. The maximum absolute atomic E-state index is 6.11. The summed E-state index contributed by atoms with van der Waals surface area (Å²) in [6.07, 6.45) is 33.2. The van der Waals surface area contributed by atoms with E-state index in [4.69, 9.17) is 4.74 Å². The average Bonchev–Trinajstić information content (AvgIpc) is 2.96. The Morgan fingerprint density at radius 2 is 0.590 bits per heavy atom. The second-order valence-electron chi connectivity index (χ2n) is 12.0. The molecular weight excluding hydrogens is 472 g/mol. The molecule has 0 unspecified atom stereocenters. The highest BCUT2D eigenvalue weighted by Crippen LogP contribution is 2.23. The van der Waals surface area contributed by atoms with Crippen LogP contribution in [0.2, 0.25) is 0 Å². The van der Waals surface area contributed by atoms with Crippen LogP contribution >= 0.6 is 0 Å². The molecule has 0 fully saturated rings. The van der Waals surface area contributed by atoms with Gasteiger partial charge in [-0.2, -0.15) is 0 Å². The molecule has 0 bridgehead atoms. The Bertz CT molecular complexity index is 708. The molecule has 0 spiro atoms. The van der Waals surface area contributed by atoms with Gasteiger partial charge in [0.1, 0.15) is 11.5 Å². The van der Waals surface area contributed by atoms with Crippen molar-refractivity contribution in [3.8, 4) is 11.5 Å². The summed E-state index contributed by atoms with van der Waals surface area (Å²) in [5.74, 6) is 1.88. The van der Waals surface area contributed by atoms with E-state index in [1.807, 2.05) is 0 Å². The summed E-state index contributed by atoms with van der Waals surface area (Å²) >= 11 is 0. The first kappa shape index (κ1) is 33.4. The number of unbranched alkanes of at least 4 members (excludes halogenated alkanes) is 20. The van der Waals surface area contributed by atoms with Crippen molar-refractivity contribution in [3.63, 3.8) is 0 Å². The molecule has 1 heteroatoms. The molecule has 1 nitrogen and oxygen atoms in total. The summed E-state index contributed by atoms with van der Waals surface area (Å²) in [6, 6.07) is 17.5. The molecule has 0 saturated heterocycles. The SMILES string of the molecule is CCCCCCCCCCCCCc1ccc(Oc2ccc(CCCCCCCCCCCCC)cc2)cc1. The monoisotopic (exact) mass is 534 g/mol. The van der Waals surface area contributed by atoms with Gasteiger partial charge in [0.2, 0.25) is 0 Å². The molecule has 0 N–H and O–H groups in total. The third-order valence-corrected chi connectivity index (χ3v) is 8.22. The molecule has 0 aliphatic heterocycles. The fourth-order valence-electron chi connectivity index (χ4n) is 5.57. The molecule has 0 heterocycles. The molecule has 0 amide bonds. The summed E-state index contributed by atoms with van der Waals surface area (Å²) in [5.41, 5.74) is 2.86. The van der Waals surface area contributed by atoms with Gasteiger partial charge >= 0.3 is 0 Å². The Hall–Kier alpha value is -1.76. The molecule has 220 valence electrons. The van der Waals surface area contributed by atoms with Crippen molar-refractivity contribution in [2.75, 3.05) is 0 Å². The molecule has 2 aromatic carbocycles. The fourth-order valence-corrected chi connectivity index (χ4v) is 5.57. The van der Waals surface area contributed by atoms with Gasteiger partial charge in [0.25, 0.3) is 0 Å². The number of hydrogen-bond donors (Lipinski definition) is 0. The lowest BCUT2D eigenvalue weighted by molar-refractivity contribution is 0.482. The second kappa shape index (κ2) is 24.1. The predicted octanol–water partition coefficient (Wildman–Crippen LogP) is 13.2. The van der Waals surface area contributed by atoms with Crippen LogP contribution in [0.15, 0.2) is 48.5 Å². The highest BCUT2D eigenvalue weighted by Gasteiger charge is 2.01. The van der Waals surface area contributed by atoms with E-state index < -0.39 is 0 Å². The molecule has 0 saturated carbocycles. The van der Waals surface area contributed by atoms with Gasteiger partial charge in [-0.1, -0.05) is 167 Å². The van der Waals surface area contributed by atoms with Crippen LogP contribution in [0.3, 0.4) is 0 Å². The Kier molecular flexibility index (Phi) is 20.6. The van der Waals surface area contributed by atoms with Gasteiger partial charge in [0, 0.05) is 0 Å². The highest BCUT2D eigenvalue weighted by molar-refractivity contribution is 5.34. The van der Waals surface area contributed by atoms with Crippen molar-refractivity contribution < 1.29 is 4.74 Å². The van der Waals surface area contributed by atoms with Gasteiger partial charge in [-0.05, 0) is 61.1 Å². The zero-order valence-corrected chi connectivity index (χ0v) is 26.0. The van der Waals surface area contributed by atoms with E-state index in [0.29, 0.717) is 0 Å². The summed E-state index contributed by atoms with van der Waals surface area (Å²) < 4.78 is 6.11. The standard InChI is InChI=1S/C38H62O/c1-3-5-7-9-11-13-15-17-19-21-23-25-35-27-31-37(32-28-35)39-38-33-29-36(30-34-38)26-24-22-20-18-16-14-12-10-8-6-4-2/h27-34H,3-26H2,1-2H3. The molecule has 0 aliphatic carbocycles. The van der Waals surface area contributed by atoms with E-state index in [1.54, 1.807) is 0 Å². The van der Waals surface area contributed by atoms with Gasteiger partial charge in [0.15, 0.2) is 0 Å². The van der Waals surface area contributed by atoms with E-state index >= 15 is 0 Å². The first-order valence-corrected chi connectivity index (χ1v) is 17.2. The Morgan fingerprint density at radius 1 is 0.333 bits per heavy atom. The number of hydrogen-bond acceptors (Lipinski definition) is 1. The lowest BCUT2D eigenvalue weighted by Gasteiger charge is -2.08. The lowest BCUT2D eigenvalue weighted by atomic mass is 10.0. The summed E-state index contributed by atoms with van der Waals surface area (Å²) in [5, 5.41) is 0. The van der Waals surface area contributed by atoms with Crippen molar-refractivity contribution in [3.05, 3.63) is 59.7 Å². The van der Waals surface area contributed by atoms with Crippen LogP contribution in [0.4, 0.5) is 0 Å². The number of ether oxygens (including phenoxy) is 1. The average molecular weight is 535 g/mol. The Balaban J connectivity index is 1.48. The third-order valence-electron chi connectivity index (χ3n) is 8.22. The van der Waals surface area contributed by atoms with Crippen LogP contribution < -0.4 is 4.74 Å². The number of aryl methyl sites for hydroxylation is 2. The molecular formula is C38H62O.